The summed E-state index contributed by atoms with van der Waals surface area (Å²) in [6, 6.07) is 3.62. The lowest BCUT2D eigenvalue weighted by Gasteiger charge is -2.02. The van der Waals surface area contributed by atoms with Crippen LogP contribution in [0.5, 0.6) is 0 Å². The third kappa shape index (κ3) is 2.45. The van der Waals surface area contributed by atoms with Crippen LogP contribution < -0.4 is 5.73 Å². The first-order valence-electron chi connectivity index (χ1n) is 4.40. The molecule has 2 heterocycles. The van der Waals surface area contributed by atoms with Crippen molar-refractivity contribution in [1.29, 1.82) is 0 Å². The van der Waals surface area contributed by atoms with Crippen molar-refractivity contribution in [1.82, 2.24) is 0 Å². The predicted molar refractivity (Wildman–Crippen MR) is 69.9 cm³/mol. The standard InChI is InChI=1S/C10H8BrNO2S2/c11-6-1-3-15-8(6)5-14-10(13)9-7(12)2-4-16-9/h1-4H,5,12H2. The summed E-state index contributed by atoms with van der Waals surface area (Å²) in [7, 11) is 0. The maximum atomic E-state index is 11.6. The van der Waals surface area contributed by atoms with Crippen LogP contribution in [0.25, 0.3) is 0 Å². The number of carbonyl (C=O) groups is 1. The van der Waals surface area contributed by atoms with Gasteiger partial charge >= 0.3 is 5.97 Å². The Morgan fingerprint density at radius 3 is 2.69 bits per heavy atom. The van der Waals surface area contributed by atoms with E-state index in [4.69, 9.17) is 10.5 Å². The minimum Gasteiger partial charge on any atom is -0.456 e. The summed E-state index contributed by atoms with van der Waals surface area (Å²) in [5.74, 6) is -0.368. The second-order valence-corrected chi connectivity index (χ2v) is 5.74. The van der Waals surface area contributed by atoms with Crippen molar-refractivity contribution >= 4 is 50.3 Å². The molecule has 0 fully saturated rings. The number of hydrogen-bond acceptors (Lipinski definition) is 5. The number of anilines is 1. The van der Waals surface area contributed by atoms with Crippen molar-refractivity contribution in [2.24, 2.45) is 0 Å². The van der Waals surface area contributed by atoms with Crippen molar-refractivity contribution in [2.45, 2.75) is 6.61 Å². The molecule has 0 aromatic carbocycles. The van der Waals surface area contributed by atoms with Crippen molar-refractivity contribution in [3.8, 4) is 0 Å². The molecule has 0 unspecified atom stereocenters. The lowest BCUT2D eigenvalue weighted by Crippen LogP contribution is -2.05. The fourth-order valence-electron chi connectivity index (χ4n) is 1.11. The van der Waals surface area contributed by atoms with Gasteiger partial charge in [0.15, 0.2) is 0 Å². The van der Waals surface area contributed by atoms with Gasteiger partial charge in [-0.3, -0.25) is 0 Å². The van der Waals surface area contributed by atoms with Crippen LogP contribution in [0.1, 0.15) is 14.5 Å². The van der Waals surface area contributed by atoms with Crippen LogP contribution in [0.4, 0.5) is 5.69 Å². The van der Waals surface area contributed by atoms with Crippen LogP contribution in [-0.4, -0.2) is 5.97 Å². The first kappa shape index (κ1) is 11.6. The van der Waals surface area contributed by atoms with Gasteiger partial charge in [-0.15, -0.1) is 22.7 Å². The predicted octanol–water partition coefficient (Wildman–Crippen LogP) is 3.51. The molecule has 2 aromatic rings. The van der Waals surface area contributed by atoms with E-state index in [2.05, 4.69) is 15.9 Å². The average Bonchev–Trinajstić information content (AvgIpc) is 2.84. The van der Waals surface area contributed by atoms with Crippen LogP contribution in [0.2, 0.25) is 0 Å². The maximum Gasteiger partial charge on any atom is 0.350 e. The number of thiophene rings is 2. The van der Waals surface area contributed by atoms with Gasteiger partial charge in [-0.05, 0) is 38.8 Å². The summed E-state index contributed by atoms with van der Waals surface area (Å²) in [6.07, 6.45) is 0. The molecular weight excluding hydrogens is 310 g/mol. The molecule has 0 aliphatic heterocycles. The molecule has 0 amide bonds. The van der Waals surface area contributed by atoms with Crippen LogP contribution in [-0.2, 0) is 11.3 Å². The monoisotopic (exact) mass is 317 g/mol. The Hall–Kier alpha value is -0.850. The van der Waals surface area contributed by atoms with Crippen molar-refractivity contribution < 1.29 is 9.53 Å². The van der Waals surface area contributed by atoms with E-state index in [1.54, 1.807) is 22.8 Å². The quantitative estimate of drug-likeness (QED) is 0.881. The van der Waals surface area contributed by atoms with Gasteiger partial charge in [0.2, 0.25) is 0 Å². The first-order chi connectivity index (χ1) is 7.68. The molecule has 2 aromatic heterocycles. The minimum absolute atomic E-state index is 0.272. The highest BCUT2D eigenvalue weighted by Gasteiger charge is 2.13. The van der Waals surface area contributed by atoms with Crippen LogP contribution in [0.15, 0.2) is 27.4 Å². The smallest absolute Gasteiger partial charge is 0.350 e. The highest BCUT2D eigenvalue weighted by atomic mass is 79.9. The highest BCUT2D eigenvalue weighted by molar-refractivity contribution is 9.10. The zero-order valence-electron chi connectivity index (χ0n) is 8.10. The van der Waals surface area contributed by atoms with Crippen molar-refractivity contribution in [2.75, 3.05) is 5.73 Å². The minimum atomic E-state index is -0.368. The number of carbonyl (C=O) groups excluding carboxylic acids is 1. The molecule has 3 nitrogen and oxygen atoms in total. The van der Waals surface area contributed by atoms with Gasteiger partial charge in [-0.1, -0.05) is 0 Å². The number of ether oxygens (including phenoxy) is 1. The summed E-state index contributed by atoms with van der Waals surface area (Å²) >= 11 is 6.21. The second-order valence-electron chi connectivity index (χ2n) is 2.97. The van der Waals surface area contributed by atoms with E-state index in [0.29, 0.717) is 10.6 Å². The lowest BCUT2D eigenvalue weighted by atomic mass is 10.4. The summed E-state index contributed by atoms with van der Waals surface area (Å²) < 4.78 is 6.13. The SMILES string of the molecule is Nc1ccsc1C(=O)OCc1sccc1Br. The van der Waals surface area contributed by atoms with Gasteiger partial charge in [-0.25, -0.2) is 4.79 Å². The van der Waals surface area contributed by atoms with Gasteiger partial charge in [0.05, 0.1) is 10.6 Å². The summed E-state index contributed by atoms with van der Waals surface area (Å²) in [6.45, 7) is 0.272. The van der Waals surface area contributed by atoms with Gasteiger partial charge < -0.3 is 10.5 Å². The van der Waals surface area contributed by atoms with E-state index in [1.807, 2.05) is 11.4 Å². The first-order valence-corrected chi connectivity index (χ1v) is 6.95. The molecule has 0 aliphatic rings. The highest BCUT2D eigenvalue weighted by Crippen LogP contribution is 2.25. The molecular formula is C10H8BrNO2S2. The normalized spacial score (nSPS) is 10.3. The van der Waals surface area contributed by atoms with E-state index in [1.165, 1.54) is 11.3 Å². The lowest BCUT2D eigenvalue weighted by molar-refractivity contribution is 0.0483. The maximum absolute atomic E-state index is 11.6. The number of halogens is 1. The molecule has 0 saturated carbocycles. The topological polar surface area (TPSA) is 52.3 Å². The molecule has 0 atom stereocenters. The molecule has 6 heteroatoms. The van der Waals surface area contributed by atoms with Crippen LogP contribution in [0.3, 0.4) is 0 Å². The molecule has 0 saturated heterocycles. The van der Waals surface area contributed by atoms with Gasteiger partial charge in [0.1, 0.15) is 11.5 Å². The number of rotatable bonds is 3. The number of esters is 1. The van der Waals surface area contributed by atoms with E-state index < -0.39 is 0 Å². The summed E-state index contributed by atoms with van der Waals surface area (Å²) in [4.78, 5) is 13.1. The average molecular weight is 318 g/mol. The van der Waals surface area contributed by atoms with Crippen molar-refractivity contribution in [3.63, 3.8) is 0 Å². The molecule has 2 rings (SSSR count). The van der Waals surface area contributed by atoms with Gasteiger partial charge in [-0.2, -0.15) is 0 Å². The van der Waals surface area contributed by atoms with E-state index >= 15 is 0 Å². The fraction of sp³-hybridized carbons (Fsp3) is 0.100. The Labute approximate surface area is 109 Å². The molecule has 16 heavy (non-hydrogen) atoms. The molecule has 84 valence electrons. The molecule has 0 radical (unpaired) electrons. The molecule has 2 N–H and O–H groups in total. The van der Waals surface area contributed by atoms with E-state index in [-0.39, 0.29) is 12.6 Å². The number of hydrogen-bond donors (Lipinski definition) is 1. The van der Waals surface area contributed by atoms with Crippen LogP contribution >= 0.6 is 38.6 Å². The number of nitrogens with two attached hydrogens (primary N) is 1. The van der Waals surface area contributed by atoms with E-state index in [0.717, 1.165) is 9.35 Å². The van der Waals surface area contributed by atoms with Gasteiger partial charge in [0.25, 0.3) is 0 Å². The zero-order chi connectivity index (χ0) is 11.5. The zero-order valence-corrected chi connectivity index (χ0v) is 11.3. The molecule has 0 aliphatic carbocycles. The Bertz CT molecular complexity index is 506. The Morgan fingerprint density at radius 1 is 1.38 bits per heavy atom. The largest absolute Gasteiger partial charge is 0.456 e. The third-order valence-corrected chi connectivity index (χ3v) is 4.72. The van der Waals surface area contributed by atoms with Gasteiger partial charge in [0, 0.05) is 4.47 Å². The molecule has 0 spiro atoms. The fourth-order valence-corrected chi connectivity index (χ4v) is 3.20. The van der Waals surface area contributed by atoms with Crippen LogP contribution in [0, 0.1) is 0 Å². The Morgan fingerprint density at radius 2 is 2.12 bits per heavy atom. The number of nitrogen functional groups attached to an aromatic ring is 1. The second kappa shape index (κ2) is 4.99. The van der Waals surface area contributed by atoms with E-state index in [9.17, 15) is 4.79 Å². The molecule has 0 bridgehead atoms. The summed E-state index contributed by atoms with van der Waals surface area (Å²) in [5.41, 5.74) is 6.10. The Balaban J connectivity index is 1.99. The Kier molecular flexibility index (Phi) is 3.63. The summed E-state index contributed by atoms with van der Waals surface area (Å²) in [5, 5.41) is 3.71. The third-order valence-electron chi connectivity index (χ3n) is 1.91. The van der Waals surface area contributed by atoms with Crippen molar-refractivity contribution in [3.05, 3.63) is 37.1 Å².